The van der Waals surface area contributed by atoms with Crippen LogP contribution in [-0.4, -0.2) is 22.9 Å². The molecule has 15 heavy (non-hydrogen) atoms. The van der Waals surface area contributed by atoms with Gasteiger partial charge in [-0.1, -0.05) is 47.6 Å². The van der Waals surface area contributed by atoms with E-state index in [4.69, 9.17) is 9.47 Å². The summed E-state index contributed by atoms with van der Waals surface area (Å²) in [5.74, 6) is -0.354. The lowest BCUT2D eigenvalue weighted by Crippen LogP contribution is -2.48. The molecule has 0 saturated carbocycles. The van der Waals surface area contributed by atoms with Gasteiger partial charge in [-0.15, -0.1) is 0 Å². The van der Waals surface area contributed by atoms with Crippen molar-refractivity contribution in [1.82, 2.24) is 0 Å². The van der Waals surface area contributed by atoms with Crippen LogP contribution in [0.1, 0.15) is 34.1 Å². The molecule has 0 amide bonds. The minimum atomic E-state index is -0.354. The van der Waals surface area contributed by atoms with Gasteiger partial charge in [0, 0.05) is 6.42 Å². The average molecular weight is 322 g/mol. The van der Waals surface area contributed by atoms with Crippen molar-refractivity contribution in [3.8, 4) is 0 Å². The number of hydrogen-bond acceptors (Lipinski definition) is 2. The summed E-state index contributed by atoms with van der Waals surface area (Å²) < 4.78 is 12.1. The molecule has 2 aliphatic rings. The highest BCUT2D eigenvalue weighted by atomic mass is 127. The lowest BCUT2D eigenvalue weighted by atomic mass is 9.71. The Morgan fingerprint density at radius 3 is 2.27 bits per heavy atom. The number of allylic oxidation sites excluding steroid dienone is 1. The first-order valence-electron chi connectivity index (χ1n) is 5.49. The van der Waals surface area contributed by atoms with Gasteiger partial charge in [-0.05, 0) is 19.3 Å². The van der Waals surface area contributed by atoms with Crippen LogP contribution in [0.15, 0.2) is 11.1 Å². The van der Waals surface area contributed by atoms with Crippen LogP contribution in [0.4, 0.5) is 0 Å². The third-order valence-electron chi connectivity index (χ3n) is 3.84. The second-order valence-electron chi connectivity index (χ2n) is 5.24. The molecule has 1 unspecified atom stereocenters. The van der Waals surface area contributed by atoms with E-state index in [0.29, 0.717) is 3.92 Å². The molecule has 1 spiro atoms. The molecule has 0 aromatic heterocycles. The summed E-state index contributed by atoms with van der Waals surface area (Å²) >= 11 is 2.46. The number of alkyl halides is 1. The molecule has 1 atom stereocenters. The fourth-order valence-electron chi connectivity index (χ4n) is 2.61. The summed E-state index contributed by atoms with van der Waals surface area (Å²) in [5, 5.41) is 0. The molecule has 0 aromatic carbocycles. The molecule has 0 aromatic rings. The molecule has 1 heterocycles. The van der Waals surface area contributed by atoms with Crippen molar-refractivity contribution in [3.05, 3.63) is 11.1 Å². The number of halogens is 1. The zero-order valence-corrected chi connectivity index (χ0v) is 12.1. The lowest BCUT2D eigenvalue weighted by molar-refractivity contribution is -0.171. The van der Waals surface area contributed by atoms with Crippen molar-refractivity contribution in [3.63, 3.8) is 0 Å². The van der Waals surface area contributed by atoms with Crippen molar-refractivity contribution in [2.24, 2.45) is 5.41 Å². The Morgan fingerprint density at radius 1 is 1.20 bits per heavy atom. The van der Waals surface area contributed by atoms with E-state index >= 15 is 0 Å². The van der Waals surface area contributed by atoms with Crippen LogP contribution in [0, 0.1) is 5.41 Å². The van der Waals surface area contributed by atoms with Gasteiger partial charge in [0.05, 0.1) is 17.1 Å². The molecule has 2 nitrogen and oxygen atoms in total. The highest BCUT2D eigenvalue weighted by Crippen LogP contribution is 2.50. The maximum Gasteiger partial charge on any atom is 0.184 e. The van der Waals surface area contributed by atoms with E-state index in [1.54, 1.807) is 0 Å². The molecule has 0 N–H and O–H groups in total. The monoisotopic (exact) mass is 322 g/mol. The zero-order chi connectivity index (χ0) is 11.3. The van der Waals surface area contributed by atoms with Crippen molar-refractivity contribution >= 4 is 22.6 Å². The number of hydrogen-bond donors (Lipinski definition) is 0. The number of ether oxygens (including phenoxy) is 2. The Balaban J connectivity index is 2.41. The van der Waals surface area contributed by atoms with Crippen LogP contribution >= 0.6 is 22.6 Å². The summed E-state index contributed by atoms with van der Waals surface area (Å²) in [7, 11) is 0. The van der Waals surface area contributed by atoms with Gasteiger partial charge in [0.25, 0.3) is 0 Å². The second kappa shape index (κ2) is 3.70. The summed E-state index contributed by atoms with van der Waals surface area (Å²) in [4.78, 5) is 0. The van der Waals surface area contributed by atoms with E-state index in [1.807, 2.05) is 0 Å². The molecule has 1 fully saturated rings. The molecule has 0 radical (unpaired) electrons. The SMILES string of the molecule is CC1=C(C)C(C)(C)CC2(OCCO2)C1I. The Labute approximate surface area is 106 Å². The van der Waals surface area contributed by atoms with Crippen molar-refractivity contribution in [1.29, 1.82) is 0 Å². The first-order chi connectivity index (χ1) is 6.89. The van der Waals surface area contributed by atoms with Crippen LogP contribution in [0.3, 0.4) is 0 Å². The fourth-order valence-corrected chi connectivity index (χ4v) is 3.66. The van der Waals surface area contributed by atoms with Crippen LogP contribution < -0.4 is 0 Å². The molecule has 1 aliphatic carbocycles. The van der Waals surface area contributed by atoms with Gasteiger partial charge < -0.3 is 9.47 Å². The topological polar surface area (TPSA) is 18.5 Å². The Morgan fingerprint density at radius 2 is 1.73 bits per heavy atom. The zero-order valence-electron chi connectivity index (χ0n) is 9.89. The van der Waals surface area contributed by atoms with Crippen molar-refractivity contribution in [2.75, 3.05) is 13.2 Å². The average Bonchev–Trinajstić information content (AvgIpc) is 2.61. The normalized spacial score (nSPS) is 33.8. The van der Waals surface area contributed by atoms with Crippen molar-refractivity contribution < 1.29 is 9.47 Å². The molecule has 0 bridgehead atoms. The fraction of sp³-hybridized carbons (Fsp3) is 0.833. The molecular formula is C12H19IO2. The molecule has 1 aliphatic heterocycles. The van der Waals surface area contributed by atoms with E-state index in [0.717, 1.165) is 19.6 Å². The highest BCUT2D eigenvalue weighted by Gasteiger charge is 2.51. The molecule has 2 rings (SSSR count). The molecule has 3 heteroatoms. The minimum Gasteiger partial charge on any atom is -0.346 e. The van der Waals surface area contributed by atoms with Gasteiger partial charge in [0.15, 0.2) is 5.79 Å². The smallest absolute Gasteiger partial charge is 0.184 e. The van der Waals surface area contributed by atoms with Gasteiger partial charge in [-0.3, -0.25) is 0 Å². The molecular weight excluding hydrogens is 303 g/mol. The van der Waals surface area contributed by atoms with E-state index in [2.05, 4.69) is 50.3 Å². The van der Waals surface area contributed by atoms with Crippen LogP contribution in [0.25, 0.3) is 0 Å². The predicted octanol–water partition coefficient (Wildman–Crippen LogP) is 3.30. The third kappa shape index (κ3) is 1.76. The summed E-state index contributed by atoms with van der Waals surface area (Å²) in [6, 6.07) is 0. The predicted molar refractivity (Wildman–Crippen MR) is 69.2 cm³/mol. The van der Waals surface area contributed by atoms with Gasteiger partial charge in [0.1, 0.15) is 0 Å². The Bertz CT molecular complexity index is 301. The Kier molecular flexibility index (Phi) is 2.93. The van der Waals surface area contributed by atoms with Gasteiger partial charge in [-0.25, -0.2) is 0 Å². The van der Waals surface area contributed by atoms with E-state index in [9.17, 15) is 0 Å². The molecule has 1 saturated heterocycles. The second-order valence-corrected chi connectivity index (χ2v) is 6.49. The van der Waals surface area contributed by atoms with E-state index in [1.165, 1.54) is 11.1 Å². The maximum absolute atomic E-state index is 5.88. The summed E-state index contributed by atoms with van der Waals surface area (Å²) in [5.41, 5.74) is 3.11. The summed E-state index contributed by atoms with van der Waals surface area (Å²) in [6.45, 7) is 10.5. The van der Waals surface area contributed by atoms with Gasteiger partial charge in [0.2, 0.25) is 0 Å². The van der Waals surface area contributed by atoms with Crippen LogP contribution in [-0.2, 0) is 9.47 Å². The minimum absolute atomic E-state index is 0.191. The van der Waals surface area contributed by atoms with Crippen LogP contribution in [0.2, 0.25) is 0 Å². The van der Waals surface area contributed by atoms with Crippen molar-refractivity contribution in [2.45, 2.75) is 43.8 Å². The lowest BCUT2D eigenvalue weighted by Gasteiger charge is -2.45. The standard InChI is InChI=1S/C12H19IO2/c1-8-9(2)11(3,4)7-12(10(8)13)14-5-6-15-12/h10H,5-7H2,1-4H3. The quantitative estimate of drug-likeness (QED) is 0.387. The number of rotatable bonds is 0. The first-order valence-corrected chi connectivity index (χ1v) is 6.73. The Hall–Kier alpha value is 0.390. The van der Waals surface area contributed by atoms with Gasteiger partial charge >= 0.3 is 0 Å². The van der Waals surface area contributed by atoms with E-state index in [-0.39, 0.29) is 11.2 Å². The third-order valence-corrected chi connectivity index (χ3v) is 5.72. The summed E-state index contributed by atoms with van der Waals surface area (Å²) in [6.07, 6.45) is 0.969. The maximum atomic E-state index is 5.88. The van der Waals surface area contributed by atoms with E-state index < -0.39 is 0 Å². The largest absolute Gasteiger partial charge is 0.346 e. The first kappa shape index (κ1) is 11.9. The van der Waals surface area contributed by atoms with Gasteiger partial charge in [-0.2, -0.15) is 0 Å². The van der Waals surface area contributed by atoms with Crippen LogP contribution in [0.5, 0.6) is 0 Å². The molecule has 86 valence electrons. The highest BCUT2D eigenvalue weighted by molar-refractivity contribution is 14.1.